The summed E-state index contributed by atoms with van der Waals surface area (Å²) in [5.74, 6) is 1.98. The zero-order valence-electron chi connectivity index (χ0n) is 22.0. The van der Waals surface area contributed by atoms with Crippen LogP contribution in [0.2, 0.25) is 0 Å². The lowest BCUT2D eigenvalue weighted by atomic mass is 9.73. The fourth-order valence-corrected chi connectivity index (χ4v) is 6.45. The van der Waals surface area contributed by atoms with Crippen LogP contribution in [0, 0.1) is 17.8 Å². The lowest BCUT2D eigenvalue weighted by Crippen LogP contribution is -2.39. The molecule has 36 heavy (non-hydrogen) atoms. The van der Waals surface area contributed by atoms with Gasteiger partial charge in [0.1, 0.15) is 12.4 Å². The summed E-state index contributed by atoms with van der Waals surface area (Å²) in [6.07, 6.45) is 7.16. The molecule has 1 saturated carbocycles. The first-order valence-corrected chi connectivity index (χ1v) is 14.2. The van der Waals surface area contributed by atoms with Gasteiger partial charge in [0, 0.05) is 19.6 Å². The highest BCUT2D eigenvalue weighted by atomic mass is 16.6. The van der Waals surface area contributed by atoms with E-state index in [-0.39, 0.29) is 24.7 Å². The summed E-state index contributed by atoms with van der Waals surface area (Å²) in [5, 5.41) is 31.6. The molecular weight excluding hydrogens is 458 g/mol. The smallest absolute Gasteiger partial charge is 0.189 e. The number of nitrogens with zero attached hydrogens (tertiary/aromatic N) is 1. The van der Waals surface area contributed by atoms with Crippen LogP contribution < -0.4 is 4.74 Å². The van der Waals surface area contributed by atoms with Crippen molar-refractivity contribution in [2.45, 2.75) is 83.2 Å². The van der Waals surface area contributed by atoms with Crippen LogP contribution in [0.25, 0.3) is 0 Å². The van der Waals surface area contributed by atoms with Gasteiger partial charge < -0.3 is 29.5 Å². The molecule has 1 aromatic rings. The van der Waals surface area contributed by atoms with Crippen molar-refractivity contribution in [2.24, 2.45) is 17.8 Å². The van der Waals surface area contributed by atoms with Gasteiger partial charge in [-0.25, -0.2) is 0 Å². The summed E-state index contributed by atoms with van der Waals surface area (Å²) in [6.45, 7) is 6.86. The predicted molar refractivity (Wildman–Crippen MR) is 139 cm³/mol. The van der Waals surface area contributed by atoms with Gasteiger partial charge in [-0.15, -0.1) is 0 Å². The summed E-state index contributed by atoms with van der Waals surface area (Å²) in [7, 11) is 0. The molecule has 3 aliphatic rings. The second kappa shape index (κ2) is 14.1. The Hall–Kier alpha value is -1.22. The molecule has 1 aromatic carbocycles. The normalized spacial score (nSPS) is 27.9. The van der Waals surface area contributed by atoms with Crippen LogP contribution in [0.4, 0.5) is 0 Å². The molecule has 2 aliphatic carbocycles. The molecule has 1 saturated heterocycles. The van der Waals surface area contributed by atoms with Crippen molar-refractivity contribution < 1.29 is 29.5 Å². The number of rotatable bonds is 14. The van der Waals surface area contributed by atoms with Crippen molar-refractivity contribution in [1.82, 2.24) is 4.90 Å². The quantitative estimate of drug-likeness (QED) is 0.264. The second-order valence-corrected chi connectivity index (χ2v) is 11.0. The first kappa shape index (κ1) is 27.8. The van der Waals surface area contributed by atoms with E-state index in [0.29, 0.717) is 18.4 Å². The maximum atomic E-state index is 10.9. The maximum absolute atomic E-state index is 10.9. The highest BCUT2D eigenvalue weighted by molar-refractivity contribution is 5.43. The van der Waals surface area contributed by atoms with Crippen molar-refractivity contribution in [1.29, 1.82) is 0 Å². The molecule has 0 aromatic heterocycles. The van der Waals surface area contributed by atoms with Crippen LogP contribution in [-0.2, 0) is 22.3 Å². The molecule has 0 amide bonds. The fraction of sp³-hybridized carbons (Fsp3) is 0.793. The van der Waals surface area contributed by atoms with E-state index in [1.165, 1.54) is 24.0 Å². The number of morpholine rings is 1. The van der Waals surface area contributed by atoms with E-state index in [4.69, 9.17) is 14.2 Å². The van der Waals surface area contributed by atoms with Gasteiger partial charge in [-0.05, 0) is 73.5 Å². The summed E-state index contributed by atoms with van der Waals surface area (Å²) in [4.78, 5) is 2.28. The molecule has 2 fully saturated rings. The third-order valence-electron chi connectivity index (χ3n) is 8.52. The molecule has 1 unspecified atom stereocenters. The Kier molecular flexibility index (Phi) is 10.9. The van der Waals surface area contributed by atoms with E-state index in [0.717, 1.165) is 83.5 Å². The van der Waals surface area contributed by atoms with Crippen LogP contribution in [-0.4, -0.2) is 84.8 Å². The molecule has 1 heterocycles. The van der Waals surface area contributed by atoms with Crippen molar-refractivity contribution in [3.05, 3.63) is 29.3 Å². The summed E-state index contributed by atoms with van der Waals surface area (Å²) >= 11 is 0. The van der Waals surface area contributed by atoms with Crippen molar-refractivity contribution in [2.75, 3.05) is 46.1 Å². The molecule has 0 spiro atoms. The number of aliphatic hydroxyl groups excluding tert-OH is 3. The van der Waals surface area contributed by atoms with E-state index >= 15 is 0 Å². The Morgan fingerprint density at radius 2 is 1.94 bits per heavy atom. The lowest BCUT2D eigenvalue weighted by molar-refractivity contribution is -0.124. The molecule has 3 N–H and O–H groups in total. The number of hydrogen-bond donors (Lipinski definition) is 3. The van der Waals surface area contributed by atoms with E-state index < -0.39 is 6.29 Å². The first-order valence-electron chi connectivity index (χ1n) is 14.2. The Balaban J connectivity index is 1.25. The van der Waals surface area contributed by atoms with E-state index in [1.807, 2.05) is 12.1 Å². The van der Waals surface area contributed by atoms with Gasteiger partial charge in [-0.2, -0.15) is 0 Å². The van der Waals surface area contributed by atoms with Gasteiger partial charge >= 0.3 is 0 Å². The van der Waals surface area contributed by atoms with Crippen molar-refractivity contribution >= 4 is 0 Å². The van der Waals surface area contributed by atoms with Gasteiger partial charge in [0.15, 0.2) is 6.29 Å². The zero-order chi connectivity index (χ0) is 25.3. The predicted octanol–water partition coefficient (Wildman–Crippen LogP) is 3.17. The molecular formula is C29H47NO6. The monoisotopic (exact) mass is 505 g/mol. The Bertz CT molecular complexity index is 785. The molecule has 1 aliphatic heterocycles. The van der Waals surface area contributed by atoms with Crippen molar-refractivity contribution in [3.63, 3.8) is 0 Å². The molecule has 6 atom stereocenters. The van der Waals surface area contributed by atoms with Gasteiger partial charge in [-0.3, -0.25) is 4.90 Å². The topological polar surface area (TPSA) is 91.6 Å². The highest BCUT2D eigenvalue weighted by Crippen LogP contribution is 2.48. The van der Waals surface area contributed by atoms with E-state index in [1.54, 1.807) is 0 Å². The largest absolute Gasteiger partial charge is 0.488 e. The SMILES string of the molecule is CCCCC[C@H](O)CC[C@@H]1[C@H]2Cc3cccc(OCC(O)OCCN4CCOCC4)c3C[C@H]2C[C@H]1O. The van der Waals surface area contributed by atoms with Crippen LogP contribution in [0.3, 0.4) is 0 Å². The van der Waals surface area contributed by atoms with E-state index in [9.17, 15) is 15.3 Å². The van der Waals surface area contributed by atoms with Gasteiger partial charge in [-0.1, -0.05) is 38.3 Å². The average molecular weight is 506 g/mol. The van der Waals surface area contributed by atoms with Crippen molar-refractivity contribution in [3.8, 4) is 5.75 Å². The van der Waals surface area contributed by atoms with E-state index in [2.05, 4.69) is 17.9 Å². The number of hydrogen-bond acceptors (Lipinski definition) is 7. The average Bonchev–Trinajstić information content (AvgIpc) is 3.19. The maximum Gasteiger partial charge on any atom is 0.189 e. The standard InChI is InChI=1S/C29H47NO6/c1-2-3-4-7-23(31)9-10-24-25-17-21-6-5-8-28(26(21)18-22(25)19-27(24)32)36-20-29(33)35-16-13-30-11-14-34-15-12-30/h5-6,8,22-25,27,29,31-33H,2-4,7,9-20H2,1H3/t22-,23-,24+,25-,27+,29?/m0/s1. The van der Waals surface area contributed by atoms with Crippen LogP contribution >= 0.6 is 0 Å². The third kappa shape index (κ3) is 7.65. The molecule has 204 valence electrons. The number of unbranched alkanes of at least 4 members (excludes halogenated alkanes) is 2. The minimum atomic E-state index is -0.959. The van der Waals surface area contributed by atoms with Gasteiger partial charge in [0.25, 0.3) is 0 Å². The molecule has 7 nitrogen and oxygen atoms in total. The van der Waals surface area contributed by atoms with Crippen LogP contribution in [0.1, 0.15) is 63.0 Å². The molecule has 4 rings (SSSR count). The minimum absolute atomic E-state index is 0.106. The lowest BCUT2D eigenvalue weighted by Gasteiger charge is -2.32. The molecule has 0 bridgehead atoms. The summed E-state index contributed by atoms with van der Waals surface area (Å²) in [5.41, 5.74) is 2.51. The van der Waals surface area contributed by atoms with Gasteiger partial charge in [0.05, 0.1) is 32.0 Å². The zero-order valence-corrected chi connectivity index (χ0v) is 22.0. The number of ether oxygens (including phenoxy) is 3. The molecule has 0 radical (unpaired) electrons. The van der Waals surface area contributed by atoms with Crippen LogP contribution in [0.15, 0.2) is 18.2 Å². The number of fused-ring (bicyclic) bond motifs is 2. The summed E-state index contributed by atoms with van der Waals surface area (Å²) in [6, 6.07) is 6.18. The summed E-state index contributed by atoms with van der Waals surface area (Å²) < 4.78 is 17.0. The minimum Gasteiger partial charge on any atom is -0.488 e. The van der Waals surface area contributed by atoms with Gasteiger partial charge in [0.2, 0.25) is 0 Å². The fourth-order valence-electron chi connectivity index (χ4n) is 6.45. The highest BCUT2D eigenvalue weighted by Gasteiger charge is 2.44. The Morgan fingerprint density at radius 1 is 1.11 bits per heavy atom. The molecule has 7 heteroatoms. The number of aliphatic hydroxyl groups is 3. The Morgan fingerprint density at radius 3 is 2.75 bits per heavy atom. The number of benzene rings is 1. The third-order valence-corrected chi connectivity index (χ3v) is 8.52. The second-order valence-electron chi connectivity index (χ2n) is 11.0. The first-order chi connectivity index (χ1) is 17.5. The van der Waals surface area contributed by atoms with Crippen LogP contribution in [0.5, 0.6) is 5.75 Å². The Labute approximate surface area is 216 Å².